The fraction of sp³-hybridized carbons (Fsp3) is 0.333. The van der Waals surface area contributed by atoms with Crippen LogP contribution in [0.2, 0.25) is 5.02 Å². The molecule has 0 radical (unpaired) electrons. The molecule has 1 aromatic heterocycles. The largest absolute Gasteiger partial charge is 0.302 e. The number of nitrogens with zero attached hydrogens (tertiary/aromatic N) is 1. The third kappa shape index (κ3) is 3.82. The maximum atomic E-state index is 12.4. The third-order valence-electron chi connectivity index (χ3n) is 4.01. The first kappa shape index (κ1) is 16.2. The maximum absolute atomic E-state index is 12.4. The molecule has 1 heterocycles. The number of hydrogen-bond acceptors (Lipinski definition) is 3. The van der Waals surface area contributed by atoms with Gasteiger partial charge in [0.2, 0.25) is 5.91 Å². The van der Waals surface area contributed by atoms with Crippen molar-refractivity contribution in [3.63, 3.8) is 0 Å². The summed E-state index contributed by atoms with van der Waals surface area (Å²) >= 11 is 7.51. The van der Waals surface area contributed by atoms with Crippen LogP contribution in [0, 0.1) is 5.92 Å². The minimum atomic E-state index is 0.0629. The zero-order chi connectivity index (χ0) is 16.2. The van der Waals surface area contributed by atoms with Crippen LogP contribution in [0.1, 0.15) is 31.1 Å². The van der Waals surface area contributed by atoms with Gasteiger partial charge in [-0.2, -0.15) is 0 Å². The fourth-order valence-electron chi connectivity index (χ4n) is 2.72. The summed E-state index contributed by atoms with van der Waals surface area (Å²) in [5.74, 6) is 0.140. The molecular weight excluding hydrogens is 328 g/mol. The number of aromatic nitrogens is 1. The molecule has 0 fully saturated rings. The highest BCUT2D eigenvalue weighted by Crippen LogP contribution is 2.32. The first-order valence-electron chi connectivity index (χ1n) is 7.89. The van der Waals surface area contributed by atoms with Crippen LogP contribution < -0.4 is 5.32 Å². The molecule has 0 aliphatic heterocycles. The monoisotopic (exact) mass is 346 g/mol. The number of halogens is 1. The van der Waals surface area contributed by atoms with E-state index in [0.717, 1.165) is 36.9 Å². The van der Waals surface area contributed by atoms with Gasteiger partial charge in [0.25, 0.3) is 0 Å². The van der Waals surface area contributed by atoms with E-state index in [0.29, 0.717) is 10.2 Å². The Labute approximate surface area is 145 Å². The summed E-state index contributed by atoms with van der Waals surface area (Å²) in [5.41, 5.74) is 1.97. The second-order valence-electron chi connectivity index (χ2n) is 5.62. The zero-order valence-corrected chi connectivity index (χ0v) is 14.6. The maximum Gasteiger partial charge on any atom is 0.229 e. The van der Waals surface area contributed by atoms with E-state index >= 15 is 0 Å². The van der Waals surface area contributed by atoms with E-state index in [1.807, 2.05) is 24.3 Å². The Morgan fingerprint density at radius 2 is 2.13 bits per heavy atom. The molecule has 1 aliphatic rings. The van der Waals surface area contributed by atoms with Crippen molar-refractivity contribution in [1.82, 2.24) is 4.98 Å². The normalized spacial score (nSPS) is 17.2. The number of rotatable bonds is 4. The minimum Gasteiger partial charge on any atom is -0.302 e. The molecular formula is C18H19ClN2OS. The summed E-state index contributed by atoms with van der Waals surface area (Å²) in [6.07, 6.45) is 7.83. The van der Waals surface area contributed by atoms with Gasteiger partial charge in [0.05, 0.1) is 5.69 Å². The number of carbonyl (C=O) groups excluding carboxylic acids is 1. The van der Waals surface area contributed by atoms with Gasteiger partial charge in [0.1, 0.15) is 0 Å². The molecule has 2 aromatic rings. The molecule has 1 atom stereocenters. The van der Waals surface area contributed by atoms with Crippen LogP contribution in [0.5, 0.6) is 0 Å². The standard InChI is InChI=1S/C18H19ClN2OS/c1-2-15-16(12-8-10-14(19)11-9-12)20-18(23-15)21-17(22)13-6-4-3-5-7-13/h3-4,8-11,13H,2,5-7H2,1H3,(H,20,21,22). The second kappa shape index (κ2) is 7.28. The average molecular weight is 347 g/mol. The average Bonchev–Trinajstić information content (AvgIpc) is 2.99. The number of amides is 1. The number of nitrogens with one attached hydrogen (secondary N) is 1. The van der Waals surface area contributed by atoms with Gasteiger partial charge in [-0.3, -0.25) is 4.79 Å². The molecule has 1 unspecified atom stereocenters. The topological polar surface area (TPSA) is 42.0 Å². The highest BCUT2D eigenvalue weighted by Gasteiger charge is 2.21. The summed E-state index contributed by atoms with van der Waals surface area (Å²) in [7, 11) is 0. The third-order valence-corrected chi connectivity index (χ3v) is 5.37. The molecule has 23 heavy (non-hydrogen) atoms. The number of anilines is 1. The molecule has 3 rings (SSSR count). The SMILES string of the molecule is CCc1sc(NC(=O)C2CC=CCC2)nc1-c1ccc(Cl)cc1. The van der Waals surface area contributed by atoms with E-state index in [2.05, 4.69) is 29.4 Å². The molecule has 1 amide bonds. The predicted molar refractivity (Wildman–Crippen MR) is 97.0 cm³/mol. The number of benzene rings is 1. The highest BCUT2D eigenvalue weighted by atomic mass is 35.5. The molecule has 0 spiro atoms. The van der Waals surface area contributed by atoms with Gasteiger partial charge in [-0.15, -0.1) is 11.3 Å². The lowest BCUT2D eigenvalue weighted by Gasteiger charge is -2.15. The molecule has 0 saturated heterocycles. The molecule has 5 heteroatoms. The van der Waals surface area contributed by atoms with Crippen LogP contribution in [0.15, 0.2) is 36.4 Å². The fourth-order valence-corrected chi connectivity index (χ4v) is 3.77. The number of carbonyl (C=O) groups is 1. The van der Waals surface area contributed by atoms with Crippen LogP contribution in [0.4, 0.5) is 5.13 Å². The number of allylic oxidation sites excluding steroid dienone is 2. The second-order valence-corrected chi connectivity index (χ2v) is 7.14. The summed E-state index contributed by atoms with van der Waals surface area (Å²) in [6, 6.07) is 7.66. The van der Waals surface area contributed by atoms with Gasteiger partial charge in [0.15, 0.2) is 5.13 Å². The van der Waals surface area contributed by atoms with Crippen molar-refractivity contribution in [2.24, 2.45) is 5.92 Å². The lowest BCUT2D eigenvalue weighted by atomic mass is 9.94. The molecule has 1 N–H and O–H groups in total. The summed E-state index contributed by atoms with van der Waals surface area (Å²) in [6.45, 7) is 2.10. The van der Waals surface area contributed by atoms with Gasteiger partial charge in [0, 0.05) is 21.4 Å². The van der Waals surface area contributed by atoms with E-state index < -0.39 is 0 Å². The van der Waals surface area contributed by atoms with Crippen molar-refractivity contribution in [2.75, 3.05) is 5.32 Å². The summed E-state index contributed by atoms with van der Waals surface area (Å²) in [5, 5.41) is 4.39. The van der Waals surface area contributed by atoms with Crippen molar-refractivity contribution < 1.29 is 4.79 Å². The quantitative estimate of drug-likeness (QED) is 0.761. The lowest BCUT2D eigenvalue weighted by molar-refractivity contribution is -0.120. The lowest BCUT2D eigenvalue weighted by Crippen LogP contribution is -2.23. The predicted octanol–water partition coefficient (Wildman–Crippen LogP) is 5.32. The van der Waals surface area contributed by atoms with Gasteiger partial charge in [-0.05, 0) is 37.8 Å². The Kier molecular flexibility index (Phi) is 5.13. The Morgan fingerprint density at radius 1 is 1.35 bits per heavy atom. The molecule has 1 aliphatic carbocycles. The van der Waals surface area contributed by atoms with Crippen LogP contribution in [0.3, 0.4) is 0 Å². The number of aryl methyl sites for hydroxylation is 1. The van der Waals surface area contributed by atoms with Crippen LogP contribution in [0.25, 0.3) is 11.3 Å². The van der Waals surface area contributed by atoms with E-state index in [4.69, 9.17) is 11.6 Å². The molecule has 1 aromatic carbocycles. The molecule has 0 bridgehead atoms. The van der Waals surface area contributed by atoms with Gasteiger partial charge in [-0.25, -0.2) is 4.98 Å². The van der Waals surface area contributed by atoms with E-state index in [1.165, 1.54) is 4.88 Å². The Hall–Kier alpha value is -1.65. The molecule has 3 nitrogen and oxygen atoms in total. The van der Waals surface area contributed by atoms with E-state index in [-0.39, 0.29) is 11.8 Å². The van der Waals surface area contributed by atoms with Crippen molar-refractivity contribution in [3.05, 3.63) is 46.3 Å². The molecule has 0 saturated carbocycles. The van der Waals surface area contributed by atoms with Gasteiger partial charge >= 0.3 is 0 Å². The van der Waals surface area contributed by atoms with Crippen LogP contribution >= 0.6 is 22.9 Å². The summed E-state index contributed by atoms with van der Waals surface area (Å²) in [4.78, 5) is 18.2. The zero-order valence-electron chi connectivity index (χ0n) is 13.0. The first-order chi connectivity index (χ1) is 11.2. The van der Waals surface area contributed by atoms with Crippen LogP contribution in [-0.4, -0.2) is 10.9 Å². The van der Waals surface area contributed by atoms with Gasteiger partial charge < -0.3 is 5.32 Å². The Morgan fingerprint density at radius 3 is 2.78 bits per heavy atom. The van der Waals surface area contributed by atoms with E-state index in [9.17, 15) is 4.79 Å². The first-order valence-corrected chi connectivity index (χ1v) is 9.08. The molecule has 120 valence electrons. The number of thiazole rings is 1. The van der Waals surface area contributed by atoms with Crippen molar-refractivity contribution >= 4 is 34.0 Å². The Balaban J connectivity index is 1.80. The number of hydrogen-bond donors (Lipinski definition) is 1. The van der Waals surface area contributed by atoms with Gasteiger partial charge in [-0.1, -0.05) is 42.8 Å². The van der Waals surface area contributed by atoms with Crippen molar-refractivity contribution in [1.29, 1.82) is 0 Å². The van der Waals surface area contributed by atoms with Crippen molar-refractivity contribution in [3.8, 4) is 11.3 Å². The minimum absolute atomic E-state index is 0.0629. The smallest absolute Gasteiger partial charge is 0.229 e. The van der Waals surface area contributed by atoms with Crippen molar-refractivity contribution in [2.45, 2.75) is 32.6 Å². The highest BCUT2D eigenvalue weighted by molar-refractivity contribution is 7.16. The van der Waals surface area contributed by atoms with E-state index in [1.54, 1.807) is 11.3 Å². The Bertz CT molecular complexity index is 721. The van der Waals surface area contributed by atoms with Crippen LogP contribution in [-0.2, 0) is 11.2 Å². The summed E-state index contributed by atoms with van der Waals surface area (Å²) < 4.78 is 0.